The zero-order valence-electron chi connectivity index (χ0n) is 8.69. The van der Waals surface area contributed by atoms with E-state index in [1.165, 1.54) is 6.07 Å². The van der Waals surface area contributed by atoms with Gasteiger partial charge in [-0.2, -0.15) is 0 Å². The van der Waals surface area contributed by atoms with Crippen LogP contribution in [-0.2, 0) is 0 Å². The van der Waals surface area contributed by atoms with Crippen molar-refractivity contribution >= 4 is 22.2 Å². The monoisotopic (exact) mass is 294 g/mol. The van der Waals surface area contributed by atoms with Crippen molar-refractivity contribution in [2.45, 2.75) is 0 Å². The maximum Gasteiger partial charge on any atom is 0.150 e. The van der Waals surface area contributed by atoms with Gasteiger partial charge in [-0.05, 0) is 52.3 Å². The summed E-state index contributed by atoms with van der Waals surface area (Å²) in [5.74, 6) is 0.553. The number of aldehydes is 1. The number of hydrogen-bond donors (Lipinski definition) is 0. The van der Waals surface area contributed by atoms with E-state index in [-0.39, 0.29) is 10.3 Å². The minimum absolute atomic E-state index is 0.277. The highest BCUT2D eigenvalue weighted by Crippen LogP contribution is 2.31. The summed E-state index contributed by atoms with van der Waals surface area (Å²) in [6.07, 6.45) is 0.752. The van der Waals surface area contributed by atoms with Gasteiger partial charge in [-0.3, -0.25) is 4.79 Å². The van der Waals surface area contributed by atoms with Crippen LogP contribution in [0.1, 0.15) is 10.4 Å². The fraction of sp³-hybridized carbons (Fsp3) is 0. The van der Waals surface area contributed by atoms with Gasteiger partial charge in [0.15, 0.2) is 0 Å². The minimum atomic E-state index is -0.382. The zero-order valence-corrected chi connectivity index (χ0v) is 10.3. The van der Waals surface area contributed by atoms with E-state index in [1.807, 2.05) is 0 Å². The number of hydrogen-bond acceptors (Lipinski definition) is 2. The second-order valence-electron chi connectivity index (χ2n) is 3.34. The van der Waals surface area contributed by atoms with Crippen molar-refractivity contribution in [1.29, 1.82) is 0 Å². The summed E-state index contributed by atoms with van der Waals surface area (Å²) < 4.78 is 19.0. The molecule has 4 heteroatoms. The Morgan fingerprint density at radius 2 is 1.82 bits per heavy atom. The maximum absolute atomic E-state index is 13.2. The van der Waals surface area contributed by atoms with Gasteiger partial charge in [0, 0.05) is 5.56 Å². The molecular weight excluding hydrogens is 287 g/mol. The van der Waals surface area contributed by atoms with E-state index in [0.29, 0.717) is 17.1 Å². The number of carbonyl (C=O) groups is 1. The lowest BCUT2D eigenvalue weighted by Crippen LogP contribution is -1.88. The molecule has 0 amide bonds. The van der Waals surface area contributed by atoms with Gasteiger partial charge in [0.25, 0.3) is 0 Å². The molecule has 0 N–H and O–H groups in total. The highest BCUT2D eigenvalue weighted by molar-refractivity contribution is 9.10. The molecule has 0 heterocycles. The van der Waals surface area contributed by atoms with Crippen molar-refractivity contribution in [3.05, 3.63) is 58.3 Å². The van der Waals surface area contributed by atoms with E-state index in [2.05, 4.69) is 15.9 Å². The standard InChI is InChI=1S/C13H8BrFO2/c14-13-11(15)2-1-3-12(13)17-10-6-4-9(8-16)5-7-10/h1-8H. The fourth-order valence-corrected chi connectivity index (χ4v) is 1.65. The van der Waals surface area contributed by atoms with Gasteiger partial charge >= 0.3 is 0 Å². The van der Waals surface area contributed by atoms with Gasteiger partial charge in [0.2, 0.25) is 0 Å². The average Bonchev–Trinajstić information content (AvgIpc) is 2.36. The Labute approximate surface area is 106 Å². The van der Waals surface area contributed by atoms with Crippen molar-refractivity contribution in [2.24, 2.45) is 0 Å². The smallest absolute Gasteiger partial charge is 0.150 e. The number of carbonyl (C=O) groups excluding carboxylic acids is 1. The van der Waals surface area contributed by atoms with Crippen molar-refractivity contribution in [3.63, 3.8) is 0 Å². The van der Waals surface area contributed by atoms with E-state index in [9.17, 15) is 9.18 Å². The third kappa shape index (κ3) is 2.71. The molecule has 0 aromatic heterocycles. The molecule has 0 radical (unpaired) electrons. The van der Waals surface area contributed by atoms with E-state index >= 15 is 0 Å². The van der Waals surface area contributed by atoms with Crippen LogP contribution in [-0.4, -0.2) is 6.29 Å². The molecule has 0 fully saturated rings. The normalized spacial score (nSPS) is 10.0. The van der Waals surface area contributed by atoms with Gasteiger partial charge in [0.1, 0.15) is 23.6 Å². The second-order valence-corrected chi connectivity index (χ2v) is 4.13. The minimum Gasteiger partial charge on any atom is -0.456 e. The Bertz CT molecular complexity index is 538. The number of halogens is 2. The first kappa shape index (κ1) is 11.8. The molecule has 0 saturated heterocycles. The molecule has 0 aliphatic rings. The average molecular weight is 295 g/mol. The molecule has 0 atom stereocenters. The molecule has 0 spiro atoms. The summed E-state index contributed by atoms with van der Waals surface area (Å²) in [6, 6.07) is 11.1. The lowest BCUT2D eigenvalue weighted by atomic mass is 10.2. The summed E-state index contributed by atoms with van der Waals surface area (Å²) in [6.45, 7) is 0. The van der Waals surface area contributed by atoms with Crippen LogP contribution in [0.4, 0.5) is 4.39 Å². The summed E-state index contributed by atoms with van der Waals surface area (Å²) >= 11 is 3.11. The largest absolute Gasteiger partial charge is 0.456 e. The van der Waals surface area contributed by atoms with Crippen molar-refractivity contribution < 1.29 is 13.9 Å². The van der Waals surface area contributed by atoms with Crippen LogP contribution in [0.2, 0.25) is 0 Å². The van der Waals surface area contributed by atoms with Gasteiger partial charge < -0.3 is 4.74 Å². The SMILES string of the molecule is O=Cc1ccc(Oc2cccc(F)c2Br)cc1. The highest BCUT2D eigenvalue weighted by Gasteiger charge is 2.06. The molecule has 2 aromatic carbocycles. The van der Waals surface area contributed by atoms with Gasteiger partial charge in [-0.25, -0.2) is 4.39 Å². The van der Waals surface area contributed by atoms with E-state index in [4.69, 9.17) is 4.74 Å². The molecule has 0 saturated carbocycles. The van der Waals surface area contributed by atoms with E-state index < -0.39 is 0 Å². The Morgan fingerprint density at radius 3 is 2.47 bits per heavy atom. The second kappa shape index (κ2) is 5.10. The Morgan fingerprint density at radius 1 is 1.12 bits per heavy atom. The molecule has 17 heavy (non-hydrogen) atoms. The third-order valence-corrected chi connectivity index (χ3v) is 2.93. The topological polar surface area (TPSA) is 26.3 Å². The van der Waals surface area contributed by atoms with Crippen LogP contribution >= 0.6 is 15.9 Å². The summed E-state index contributed by atoms with van der Waals surface area (Å²) in [7, 11) is 0. The molecule has 2 aromatic rings. The predicted molar refractivity (Wildman–Crippen MR) is 66.0 cm³/mol. The maximum atomic E-state index is 13.2. The molecule has 0 aliphatic heterocycles. The fourth-order valence-electron chi connectivity index (χ4n) is 1.30. The van der Waals surface area contributed by atoms with E-state index in [1.54, 1.807) is 36.4 Å². The summed E-state index contributed by atoms with van der Waals surface area (Å²) in [4.78, 5) is 10.5. The Kier molecular flexibility index (Phi) is 3.54. The van der Waals surface area contributed by atoms with Gasteiger partial charge in [-0.1, -0.05) is 6.07 Å². The van der Waals surface area contributed by atoms with E-state index in [0.717, 1.165) is 6.29 Å². The summed E-state index contributed by atoms with van der Waals surface area (Å²) in [5, 5.41) is 0. The molecule has 2 nitrogen and oxygen atoms in total. The van der Waals surface area contributed by atoms with Crippen LogP contribution in [0.5, 0.6) is 11.5 Å². The Balaban J connectivity index is 2.25. The third-order valence-electron chi connectivity index (χ3n) is 2.16. The lowest BCUT2D eigenvalue weighted by molar-refractivity contribution is 0.112. The van der Waals surface area contributed by atoms with Crippen LogP contribution in [0, 0.1) is 5.82 Å². The Hall–Kier alpha value is -1.68. The number of rotatable bonds is 3. The number of benzene rings is 2. The lowest BCUT2D eigenvalue weighted by Gasteiger charge is -2.07. The van der Waals surface area contributed by atoms with Crippen molar-refractivity contribution in [1.82, 2.24) is 0 Å². The summed E-state index contributed by atoms with van der Waals surface area (Å²) in [5.41, 5.74) is 0.565. The zero-order chi connectivity index (χ0) is 12.3. The first-order valence-corrected chi connectivity index (χ1v) is 5.67. The van der Waals surface area contributed by atoms with Gasteiger partial charge in [0.05, 0.1) is 4.47 Å². The van der Waals surface area contributed by atoms with Crippen LogP contribution < -0.4 is 4.74 Å². The molecule has 0 aliphatic carbocycles. The highest BCUT2D eigenvalue weighted by atomic mass is 79.9. The molecule has 0 unspecified atom stereocenters. The van der Waals surface area contributed by atoms with Crippen molar-refractivity contribution in [3.8, 4) is 11.5 Å². The van der Waals surface area contributed by atoms with Crippen LogP contribution in [0.3, 0.4) is 0 Å². The molecule has 86 valence electrons. The quantitative estimate of drug-likeness (QED) is 0.793. The van der Waals surface area contributed by atoms with Gasteiger partial charge in [-0.15, -0.1) is 0 Å². The van der Waals surface area contributed by atoms with Crippen LogP contribution in [0.15, 0.2) is 46.9 Å². The van der Waals surface area contributed by atoms with Crippen LogP contribution in [0.25, 0.3) is 0 Å². The molecular formula is C13H8BrFO2. The first-order chi connectivity index (χ1) is 8.20. The molecule has 2 rings (SSSR count). The molecule has 0 bridgehead atoms. The van der Waals surface area contributed by atoms with Crippen molar-refractivity contribution in [2.75, 3.05) is 0 Å². The first-order valence-electron chi connectivity index (χ1n) is 4.88. The number of ether oxygens (including phenoxy) is 1. The predicted octanol–water partition coefficient (Wildman–Crippen LogP) is 4.19.